The van der Waals surface area contributed by atoms with E-state index in [1.54, 1.807) is 0 Å². The van der Waals surface area contributed by atoms with Crippen LogP contribution in [0.15, 0.2) is 6.33 Å². The molecule has 154 valence electrons. The smallest absolute Gasteiger partial charge is 0.248 e. The second-order valence-electron chi connectivity index (χ2n) is 8.53. The van der Waals surface area contributed by atoms with Gasteiger partial charge >= 0.3 is 0 Å². The average Bonchev–Trinajstić information content (AvgIpc) is 3.51. The summed E-state index contributed by atoms with van der Waals surface area (Å²) < 4.78 is 5.73. The van der Waals surface area contributed by atoms with Gasteiger partial charge in [0.2, 0.25) is 5.91 Å². The van der Waals surface area contributed by atoms with Gasteiger partial charge in [0.15, 0.2) is 0 Å². The Kier molecular flexibility index (Phi) is 5.96. The molecule has 28 heavy (non-hydrogen) atoms. The molecule has 0 aromatic carbocycles. The maximum Gasteiger partial charge on any atom is 0.248 e. The molecule has 1 aromatic rings. The van der Waals surface area contributed by atoms with Crippen LogP contribution in [0, 0.1) is 18.8 Å². The third-order valence-corrected chi connectivity index (χ3v) is 6.24. The molecule has 3 fully saturated rings. The molecule has 1 amide bonds. The summed E-state index contributed by atoms with van der Waals surface area (Å²) in [5.41, 5.74) is 6.67. The van der Waals surface area contributed by atoms with Crippen molar-refractivity contribution in [1.82, 2.24) is 19.8 Å². The van der Waals surface area contributed by atoms with E-state index < -0.39 is 0 Å². The molecule has 8 nitrogen and oxygen atoms in total. The number of nitrogens with zero attached hydrogens (tertiary/aromatic N) is 4. The van der Waals surface area contributed by atoms with Crippen molar-refractivity contribution in [3.8, 4) is 0 Å². The van der Waals surface area contributed by atoms with Crippen molar-refractivity contribution in [2.24, 2.45) is 11.8 Å². The third kappa shape index (κ3) is 4.91. The fourth-order valence-electron chi connectivity index (χ4n) is 4.16. The number of likely N-dealkylation sites (tertiary alicyclic amines) is 1. The molecule has 3 aliphatic rings. The topological polar surface area (TPSA) is 96.6 Å². The first-order valence-electron chi connectivity index (χ1n) is 10.5. The molecule has 3 heterocycles. The van der Waals surface area contributed by atoms with Crippen molar-refractivity contribution < 1.29 is 9.53 Å². The molecular weight excluding hydrogens is 356 g/mol. The molecule has 0 bridgehead atoms. The van der Waals surface area contributed by atoms with Gasteiger partial charge in [-0.1, -0.05) is 0 Å². The zero-order chi connectivity index (χ0) is 19.5. The van der Waals surface area contributed by atoms with Gasteiger partial charge in [-0.25, -0.2) is 9.97 Å². The van der Waals surface area contributed by atoms with Crippen LogP contribution < -0.4 is 11.1 Å². The number of hydrogen-bond acceptors (Lipinski definition) is 7. The van der Waals surface area contributed by atoms with E-state index in [2.05, 4.69) is 20.2 Å². The Balaban J connectivity index is 1.24. The Morgan fingerprint density at radius 1 is 1.18 bits per heavy atom. The SMILES string of the molecule is Cc1c(N)ncnc1NC[C@@H]1CN(CC2CCN(CC3CC3)CC2)C(=O)CO1. The van der Waals surface area contributed by atoms with Crippen LogP contribution in [-0.4, -0.2) is 77.7 Å². The predicted molar refractivity (Wildman–Crippen MR) is 108 cm³/mol. The molecule has 0 spiro atoms. The standard InChI is InChI=1S/C20H32N6O2/c1-14-19(21)23-13-24-20(14)22-8-17-11-26(18(27)12-28-17)10-16-4-6-25(7-5-16)9-15-2-3-15/h13,15-17H,2-12H2,1H3,(H3,21,22,23,24)/t17-/m1/s1. The molecule has 0 radical (unpaired) electrons. The van der Waals surface area contributed by atoms with Crippen LogP contribution in [0.25, 0.3) is 0 Å². The van der Waals surface area contributed by atoms with E-state index in [0.29, 0.717) is 24.8 Å². The number of carbonyl (C=O) groups excluding carboxylic acids is 1. The molecule has 3 N–H and O–H groups in total. The zero-order valence-corrected chi connectivity index (χ0v) is 16.8. The van der Waals surface area contributed by atoms with Crippen LogP contribution in [-0.2, 0) is 9.53 Å². The number of nitrogens with one attached hydrogen (secondary N) is 1. The van der Waals surface area contributed by atoms with Crippen LogP contribution in [0.1, 0.15) is 31.2 Å². The monoisotopic (exact) mass is 388 g/mol. The van der Waals surface area contributed by atoms with Gasteiger partial charge in [-0.2, -0.15) is 0 Å². The maximum atomic E-state index is 12.3. The fourth-order valence-corrected chi connectivity index (χ4v) is 4.16. The minimum Gasteiger partial charge on any atom is -0.383 e. The largest absolute Gasteiger partial charge is 0.383 e. The minimum absolute atomic E-state index is 0.0387. The molecular formula is C20H32N6O2. The lowest BCUT2D eigenvalue weighted by Crippen LogP contribution is -2.51. The number of aromatic nitrogens is 2. The maximum absolute atomic E-state index is 12.3. The van der Waals surface area contributed by atoms with E-state index in [0.717, 1.165) is 23.8 Å². The van der Waals surface area contributed by atoms with Crippen LogP contribution in [0.5, 0.6) is 0 Å². The average molecular weight is 389 g/mol. The summed E-state index contributed by atoms with van der Waals surface area (Å²) in [6, 6.07) is 0. The number of hydrogen-bond donors (Lipinski definition) is 2. The molecule has 4 rings (SSSR count). The highest BCUT2D eigenvalue weighted by Gasteiger charge is 2.31. The van der Waals surface area contributed by atoms with Crippen molar-refractivity contribution >= 4 is 17.5 Å². The number of rotatable bonds is 7. The molecule has 2 aliphatic heterocycles. The van der Waals surface area contributed by atoms with E-state index in [1.807, 2.05) is 11.8 Å². The molecule has 1 aliphatic carbocycles. The van der Waals surface area contributed by atoms with Crippen LogP contribution in [0.4, 0.5) is 11.6 Å². The number of morpholine rings is 1. The van der Waals surface area contributed by atoms with Crippen molar-refractivity contribution in [1.29, 1.82) is 0 Å². The number of anilines is 2. The van der Waals surface area contributed by atoms with Crippen molar-refractivity contribution in [2.75, 3.05) is 56.9 Å². The van der Waals surface area contributed by atoms with Crippen molar-refractivity contribution in [3.63, 3.8) is 0 Å². The van der Waals surface area contributed by atoms with Crippen LogP contribution in [0.2, 0.25) is 0 Å². The van der Waals surface area contributed by atoms with Gasteiger partial charge in [0.25, 0.3) is 0 Å². The molecule has 1 saturated carbocycles. The zero-order valence-electron chi connectivity index (χ0n) is 16.8. The van der Waals surface area contributed by atoms with Gasteiger partial charge in [-0.3, -0.25) is 4.79 Å². The summed E-state index contributed by atoms with van der Waals surface area (Å²) in [5, 5.41) is 3.29. The summed E-state index contributed by atoms with van der Waals surface area (Å²) in [5.74, 6) is 2.88. The molecule has 1 aromatic heterocycles. The number of nitrogens with two attached hydrogens (primary N) is 1. The van der Waals surface area contributed by atoms with E-state index in [4.69, 9.17) is 10.5 Å². The predicted octanol–water partition coefficient (Wildman–Crippen LogP) is 1.13. The minimum atomic E-state index is -0.0387. The summed E-state index contributed by atoms with van der Waals surface area (Å²) >= 11 is 0. The number of piperidine rings is 1. The quantitative estimate of drug-likeness (QED) is 0.723. The summed E-state index contributed by atoms with van der Waals surface area (Å²) in [6.45, 7) is 7.79. The number of nitrogen functional groups attached to an aromatic ring is 1. The Hall–Kier alpha value is -1.93. The van der Waals surface area contributed by atoms with Crippen LogP contribution >= 0.6 is 0 Å². The third-order valence-electron chi connectivity index (χ3n) is 6.24. The Morgan fingerprint density at radius 2 is 1.93 bits per heavy atom. The first kappa shape index (κ1) is 19.4. The van der Waals surface area contributed by atoms with Crippen molar-refractivity contribution in [2.45, 2.75) is 38.7 Å². The van der Waals surface area contributed by atoms with E-state index in [9.17, 15) is 4.79 Å². The second kappa shape index (κ2) is 8.61. The second-order valence-corrected chi connectivity index (χ2v) is 8.53. The van der Waals surface area contributed by atoms with Gasteiger partial charge in [0.05, 0.1) is 6.10 Å². The van der Waals surface area contributed by atoms with Crippen LogP contribution in [0.3, 0.4) is 0 Å². The Bertz CT molecular complexity index is 687. The summed E-state index contributed by atoms with van der Waals surface area (Å²) in [4.78, 5) is 25.2. The molecule has 0 unspecified atom stereocenters. The molecule has 1 atom stereocenters. The first-order chi connectivity index (χ1) is 13.6. The van der Waals surface area contributed by atoms with E-state index in [1.165, 1.54) is 51.6 Å². The van der Waals surface area contributed by atoms with Gasteiger partial charge in [0, 0.05) is 31.7 Å². The number of ether oxygens (including phenoxy) is 1. The lowest BCUT2D eigenvalue weighted by Gasteiger charge is -2.38. The Morgan fingerprint density at radius 3 is 2.68 bits per heavy atom. The van der Waals surface area contributed by atoms with Gasteiger partial charge in [0.1, 0.15) is 24.6 Å². The van der Waals surface area contributed by atoms with Gasteiger partial charge in [-0.15, -0.1) is 0 Å². The lowest BCUT2D eigenvalue weighted by molar-refractivity contribution is -0.149. The van der Waals surface area contributed by atoms with E-state index in [-0.39, 0.29) is 18.6 Å². The van der Waals surface area contributed by atoms with Gasteiger partial charge in [-0.05, 0) is 57.5 Å². The lowest BCUT2D eigenvalue weighted by atomic mass is 9.95. The molecule has 8 heteroatoms. The van der Waals surface area contributed by atoms with Gasteiger partial charge < -0.3 is 25.6 Å². The first-order valence-corrected chi connectivity index (χ1v) is 10.5. The number of amides is 1. The molecule has 2 saturated heterocycles. The highest BCUT2D eigenvalue weighted by Crippen LogP contribution is 2.31. The highest BCUT2D eigenvalue weighted by atomic mass is 16.5. The summed E-state index contributed by atoms with van der Waals surface area (Å²) in [7, 11) is 0. The van der Waals surface area contributed by atoms with E-state index >= 15 is 0 Å². The number of carbonyl (C=O) groups is 1. The fraction of sp³-hybridized carbons (Fsp3) is 0.750. The summed E-state index contributed by atoms with van der Waals surface area (Å²) in [6.07, 6.45) is 6.64. The normalized spacial score (nSPS) is 24.5. The van der Waals surface area contributed by atoms with Crippen molar-refractivity contribution in [3.05, 3.63) is 11.9 Å². The Labute approximate surface area is 166 Å². The highest BCUT2D eigenvalue weighted by molar-refractivity contribution is 5.78.